The predicted molar refractivity (Wildman–Crippen MR) is 81.2 cm³/mol. The molecule has 2 heterocycles. The van der Waals surface area contributed by atoms with Gasteiger partial charge in [-0.05, 0) is 20.8 Å². The summed E-state index contributed by atoms with van der Waals surface area (Å²) in [6.07, 6.45) is 0. The smallest absolute Gasteiger partial charge is 0.225 e. The van der Waals surface area contributed by atoms with Crippen molar-refractivity contribution in [3.05, 3.63) is 22.5 Å². The van der Waals surface area contributed by atoms with Crippen LogP contribution in [0.5, 0.6) is 0 Å². The lowest BCUT2D eigenvalue weighted by Gasteiger charge is -2.14. The molecule has 0 aliphatic heterocycles. The Kier molecular flexibility index (Phi) is 4.39. The monoisotopic (exact) mass is 293 g/mol. The normalized spacial score (nSPS) is 10.6. The summed E-state index contributed by atoms with van der Waals surface area (Å²) in [5.41, 5.74) is 3.89. The van der Waals surface area contributed by atoms with Crippen LogP contribution < -0.4 is 10.2 Å². The summed E-state index contributed by atoms with van der Waals surface area (Å²) in [7, 11) is 0. The van der Waals surface area contributed by atoms with Crippen LogP contribution in [-0.2, 0) is 11.3 Å². The van der Waals surface area contributed by atoms with Crippen molar-refractivity contribution in [2.75, 3.05) is 16.8 Å². The zero-order valence-corrected chi connectivity index (χ0v) is 13.0. The molecule has 0 unspecified atom stereocenters. The average molecular weight is 293 g/mol. The Balaban J connectivity index is 2.05. The molecular weight excluding hydrogens is 274 g/mol. The topological polar surface area (TPSA) is 73.9 Å². The van der Waals surface area contributed by atoms with Crippen LogP contribution >= 0.6 is 11.3 Å². The standard InChI is InChI=1S/C13H19N5OS/c1-5-18(10(4)19)13-15-11(7-20-13)6-14-12-8(2)16-17-9(12)3/h7,14H,5-6H2,1-4H3,(H,16,17). The predicted octanol–water partition coefficient (Wildman–Crippen LogP) is 2.47. The highest BCUT2D eigenvalue weighted by atomic mass is 32.1. The van der Waals surface area contributed by atoms with Crippen LogP contribution in [0.3, 0.4) is 0 Å². The number of nitrogens with one attached hydrogen (secondary N) is 2. The molecule has 0 aliphatic rings. The minimum atomic E-state index is 0.0166. The summed E-state index contributed by atoms with van der Waals surface area (Å²) in [6, 6.07) is 0. The summed E-state index contributed by atoms with van der Waals surface area (Å²) in [5.74, 6) is 0.0166. The minimum absolute atomic E-state index is 0.0166. The van der Waals surface area contributed by atoms with Crippen molar-refractivity contribution < 1.29 is 4.79 Å². The number of hydrogen-bond acceptors (Lipinski definition) is 5. The highest BCUT2D eigenvalue weighted by Gasteiger charge is 2.13. The number of carbonyl (C=O) groups is 1. The van der Waals surface area contributed by atoms with Crippen molar-refractivity contribution in [3.63, 3.8) is 0 Å². The Bertz CT molecular complexity index is 584. The summed E-state index contributed by atoms with van der Waals surface area (Å²) in [5, 5.41) is 13.1. The van der Waals surface area contributed by atoms with Crippen molar-refractivity contribution in [2.24, 2.45) is 0 Å². The molecule has 0 bridgehead atoms. The van der Waals surface area contributed by atoms with Gasteiger partial charge in [-0.3, -0.25) is 14.8 Å². The minimum Gasteiger partial charge on any atom is -0.376 e. The fourth-order valence-corrected chi connectivity index (χ4v) is 2.92. The lowest BCUT2D eigenvalue weighted by Crippen LogP contribution is -2.27. The number of aromatic amines is 1. The Morgan fingerprint density at radius 1 is 1.50 bits per heavy atom. The van der Waals surface area contributed by atoms with E-state index in [4.69, 9.17) is 0 Å². The van der Waals surface area contributed by atoms with E-state index < -0.39 is 0 Å². The molecule has 1 amide bonds. The Morgan fingerprint density at radius 2 is 2.25 bits per heavy atom. The van der Waals surface area contributed by atoms with Gasteiger partial charge >= 0.3 is 0 Å². The average Bonchev–Trinajstić information content (AvgIpc) is 2.96. The fourth-order valence-electron chi connectivity index (χ4n) is 1.98. The van der Waals surface area contributed by atoms with Gasteiger partial charge in [0.25, 0.3) is 0 Å². The summed E-state index contributed by atoms with van der Waals surface area (Å²) < 4.78 is 0. The van der Waals surface area contributed by atoms with Crippen LogP contribution in [0, 0.1) is 13.8 Å². The van der Waals surface area contributed by atoms with Gasteiger partial charge in [0.15, 0.2) is 5.13 Å². The van der Waals surface area contributed by atoms with E-state index in [-0.39, 0.29) is 5.91 Å². The molecule has 6 nitrogen and oxygen atoms in total. The van der Waals surface area contributed by atoms with Crippen LogP contribution in [0.2, 0.25) is 0 Å². The third-order valence-corrected chi connectivity index (χ3v) is 3.95. The lowest BCUT2D eigenvalue weighted by molar-refractivity contribution is -0.116. The molecule has 0 saturated heterocycles. The number of H-pyrrole nitrogens is 1. The van der Waals surface area contributed by atoms with Gasteiger partial charge in [0.1, 0.15) is 0 Å². The highest BCUT2D eigenvalue weighted by molar-refractivity contribution is 7.14. The number of anilines is 2. The first kappa shape index (κ1) is 14.5. The maximum Gasteiger partial charge on any atom is 0.225 e. The van der Waals surface area contributed by atoms with Crippen molar-refractivity contribution in [2.45, 2.75) is 34.2 Å². The van der Waals surface area contributed by atoms with Crippen molar-refractivity contribution in [1.29, 1.82) is 0 Å². The summed E-state index contributed by atoms with van der Waals surface area (Å²) >= 11 is 1.49. The molecule has 0 aromatic carbocycles. The zero-order chi connectivity index (χ0) is 14.7. The number of amides is 1. The largest absolute Gasteiger partial charge is 0.376 e. The number of aromatic nitrogens is 3. The second kappa shape index (κ2) is 6.04. The number of hydrogen-bond donors (Lipinski definition) is 2. The van der Waals surface area contributed by atoms with Crippen LogP contribution in [0.25, 0.3) is 0 Å². The molecule has 0 radical (unpaired) electrons. The van der Waals surface area contributed by atoms with Crippen LogP contribution in [0.15, 0.2) is 5.38 Å². The van der Waals surface area contributed by atoms with Crippen molar-refractivity contribution >= 4 is 28.1 Å². The molecule has 0 atom stereocenters. The van der Waals surface area contributed by atoms with Gasteiger partial charge in [0.2, 0.25) is 5.91 Å². The van der Waals surface area contributed by atoms with Gasteiger partial charge < -0.3 is 5.32 Å². The van der Waals surface area contributed by atoms with E-state index in [1.54, 1.807) is 11.8 Å². The first-order valence-corrected chi connectivity index (χ1v) is 7.38. The van der Waals surface area contributed by atoms with Gasteiger partial charge in [0, 0.05) is 18.8 Å². The van der Waals surface area contributed by atoms with Crippen LogP contribution in [-0.4, -0.2) is 27.6 Å². The molecule has 108 valence electrons. The van der Waals surface area contributed by atoms with Gasteiger partial charge in [-0.1, -0.05) is 0 Å². The number of nitrogens with zero attached hydrogens (tertiary/aromatic N) is 3. The Morgan fingerprint density at radius 3 is 2.80 bits per heavy atom. The van der Waals surface area contributed by atoms with E-state index >= 15 is 0 Å². The first-order valence-electron chi connectivity index (χ1n) is 6.50. The van der Waals surface area contributed by atoms with E-state index in [2.05, 4.69) is 20.5 Å². The maximum atomic E-state index is 11.5. The highest BCUT2D eigenvalue weighted by Crippen LogP contribution is 2.22. The first-order chi connectivity index (χ1) is 9.52. The summed E-state index contributed by atoms with van der Waals surface area (Å²) in [4.78, 5) is 17.6. The molecule has 7 heteroatoms. The van der Waals surface area contributed by atoms with E-state index in [9.17, 15) is 4.79 Å². The molecule has 2 aromatic heterocycles. The number of aryl methyl sites for hydroxylation is 2. The molecule has 2 N–H and O–H groups in total. The number of carbonyl (C=O) groups excluding carboxylic acids is 1. The molecule has 20 heavy (non-hydrogen) atoms. The molecule has 0 fully saturated rings. The lowest BCUT2D eigenvalue weighted by atomic mass is 10.3. The van der Waals surface area contributed by atoms with E-state index in [1.165, 1.54) is 11.3 Å². The quantitative estimate of drug-likeness (QED) is 0.888. The van der Waals surface area contributed by atoms with Crippen LogP contribution in [0.1, 0.15) is 30.9 Å². The van der Waals surface area contributed by atoms with E-state index in [0.717, 1.165) is 27.9 Å². The second-order valence-corrected chi connectivity index (χ2v) is 5.38. The third-order valence-electron chi connectivity index (χ3n) is 3.04. The van der Waals surface area contributed by atoms with Gasteiger partial charge in [-0.2, -0.15) is 5.10 Å². The van der Waals surface area contributed by atoms with Gasteiger partial charge in [0.05, 0.1) is 29.3 Å². The molecule has 0 saturated carbocycles. The van der Waals surface area contributed by atoms with E-state index in [0.29, 0.717) is 13.1 Å². The molecule has 0 spiro atoms. The fraction of sp³-hybridized carbons (Fsp3) is 0.462. The molecule has 2 rings (SSSR count). The maximum absolute atomic E-state index is 11.5. The molecule has 2 aromatic rings. The van der Waals surface area contributed by atoms with Crippen molar-refractivity contribution in [3.8, 4) is 0 Å². The van der Waals surface area contributed by atoms with Crippen molar-refractivity contribution in [1.82, 2.24) is 15.2 Å². The van der Waals surface area contributed by atoms with Gasteiger partial charge in [-0.25, -0.2) is 4.98 Å². The zero-order valence-electron chi connectivity index (χ0n) is 12.1. The molecular formula is C13H19N5OS. The number of thiazole rings is 1. The second-order valence-electron chi connectivity index (χ2n) is 4.55. The van der Waals surface area contributed by atoms with E-state index in [1.807, 2.05) is 26.2 Å². The molecule has 0 aliphatic carbocycles. The van der Waals surface area contributed by atoms with Gasteiger partial charge in [-0.15, -0.1) is 11.3 Å². The Hall–Kier alpha value is -1.89. The number of rotatable bonds is 5. The summed E-state index contributed by atoms with van der Waals surface area (Å²) in [6.45, 7) is 8.68. The Labute approximate surface area is 122 Å². The third kappa shape index (κ3) is 2.98. The van der Waals surface area contributed by atoms with Crippen LogP contribution in [0.4, 0.5) is 10.8 Å². The SMILES string of the molecule is CCN(C(C)=O)c1nc(CNc2c(C)n[nH]c2C)cs1.